The first-order valence-electron chi connectivity index (χ1n) is 9.10. The molecular weight excluding hydrogens is 286 g/mol. The zero-order valence-electron chi connectivity index (χ0n) is 14.6. The molecule has 2 heterocycles. The molecule has 2 amide bonds. The Morgan fingerprint density at radius 3 is 2.48 bits per heavy atom. The standard InChI is InChI=1S/C19H29N3O/c1-4-13-9-14(5-2)18(15(6-3)10-13)21-19(23)22-8-7-16-11-20-12-17(16)22/h9-10,16-17,20H,4-8,11-12H2,1-3H3,(H,21,23)/t16-,17+/m0/s1. The van der Waals surface area contributed by atoms with Crippen molar-refractivity contribution >= 4 is 11.7 Å². The van der Waals surface area contributed by atoms with Crippen molar-refractivity contribution in [1.29, 1.82) is 0 Å². The second kappa shape index (κ2) is 6.91. The molecule has 2 aliphatic heterocycles. The number of anilines is 1. The van der Waals surface area contributed by atoms with Gasteiger partial charge in [-0.1, -0.05) is 32.9 Å². The van der Waals surface area contributed by atoms with E-state index in [2.05, 4.69) is 43.5 Å². The van der Waals surface area contributed by atoms with Gasteiger partial charge < -0.3 is 15.5 Å². The molecular formula is C19H29N3O. The molecule has 3 rings (SSSR count). The van der Waals surface area contributed by atoms with E-state index < -0.39 is 0 Å². The van der Waals surface area contributed by atoms with Crippen molar-refractivity contribution in [3.8, 4) is 0 Å². The summed E-state index contributed by atoms with van der Waals surface area (Å²) in [5.41, 5.74) is 4.93. The number of aryl methyl sites for hydroxylation is 3. The van der Waals surface area contributed by atoms with Crippen molar-refractivity contribution in [2.24, 2.45) is 5.92 Å². The van der Waals surface area contributed by atoms with Crippen molar-refractivity contribution in [2.75, 3.05) is 25.0 Å². The summed E-state index contributed by atoms with van der Waals surface area (Å²) in [6, 6.07) is 4.95. The lowest BCUT2D eigenvalue weighted by molar-refractivity contribution is 0.206. The molecule has 2 saturated heterocycles. The van der Waals surface area contributed by atoms with E-state index in [0.29, 0.717) is 12.0 Å². The topological polar surface area (TPSA) is 44.4 Å². The van der Waals surface area contributed by atoms with Gasteiger partial charge in [0.05, 0.1) is 0 Å². The van der Waals surface area contributed by atoms with Gasteiger partial charge in [0.25, 0.3) is 0 Å². The van der Waals surface area contributed by atoms with Crippen LogP contribution >= 0.6 is 0 Å². The third kappa shape index (κ3) is 3.09. The molecule has 0 unspecified atom stereocenters. The summed E-state index contributed by atoms with van der Waals surface area (Å²) < 4.78 is 0. The fourth-order valence-corrected chi connectivity index (χ4v) is 4.04. The SMILES string of the molecule is CCc1cc(CC)c(NC(=O)N2CC[C@H]3CNC[C@H]32)c(CC)c1. The number of likely N-dealkylation sites (tertiary alicyclic amines) is 1. The molecule has 0 radical (unpaired) electrons. The van der Waals surface area contributed by atoms with Crippen LogP contribution < -0.4 is 10.6 Å². The molecule has 0 aromatic heterocycles. The van der Waals surface area contributed by atoms with E-state index in [1.807, 2.05) is 4.90 Å². The predicted molar refractivity (Wildman–Crippen MR) is 95.1 cm³/mol. The summed E-state index contributed by atoms with van der Waals surface area (Å²) >= 11 is 0. The van der Waals surface area contributed by atoms with Crippen LogP contribution in [-0.4, -0.2) is 36.6 Å². The number of carbonyl (C=O) groups excluding carboxylic acids is 1. The summed E-state index contributed by atoms with van der Waals surface area (Å²) in [6.07, 6.45) is 4.06. The number of fused-ring (bicyclic) bond motifs is 1. The molecule has 4 nitrogen and oxygen atoms in total. The minimum atomic E-state index is 0.0786. The molecule has 0 spiro atoms. The van der Waals surface area contributed by atoms with Gasteiger partial charge in [0.15, 0.2) is 0 Å². The highest BCUT2D eigenvalue weighted by Gasteiger charge is 2.40. The molecule has 1 aromatic carbocycles. The van der Waals surface area contributed by atoms with Gasteiger partial charge in [-0.15, -0.1) is 0 Å². The summed E-state index contributed by atoms with van der Waals surface area (Å²) in [7, 11) is 0. The average molecular weight is 315 g/mol. The number of amides is 2. The molecule has 2 aliphatic rings. The van der Waals surface area contributed by atoms with Gasteiger partial charge in [0.1, 0.15) is 0 Å². The molecule has 4 heteroatoms. The number of hydrogen-bond acceptors (Lipinski definition) is 2. The van der Waals surface area contributed by atoms with Crippen LogP contribution in [0.4, 0.5) is 10.5 Å². The minimum absolute atomic E-state index is 0.0786. The van der Waals surface area contributed by atoms with Crippen molar-refractivity contribution in [3.63, 3.8) is 0 Å². The highest BCUT2D eigenvalue weighted by molar-refractivity contribution is 5.91. The molecule has 0 saturated carbocycles. The fraction of sp³-hybridized carbons (Fsp3) is 0.632. The average Bonchev–Trinajstić information content (AvgIpc) is 3.17. The number of rotatable bonds is 4. The van der Waals surface area contributed by atoms with E-state index in [9.17, 15) is 4.79 Å². The van der Waals surface area contributed by atoms with Crippen LogP contribution in [0.1, 0.15) is 43.9 Å². The molecule has 1 aromatic rings. The fourth-order valence-electron chi connectivity index (χ4n) is 4.04. The van der Waals surface area contributed by atoms with Crippen LogP contribution in [-0.2, 0) is 19.3 Å². The van der Waals surface area contributed by atoms with E-state index in [1.165, 1.54) is 16.7 Å². The third-order valence-electron chi connectivity index (χ3n) is 5.47. The van der Waals surface area contributed by atoms with Gasteiger partial charge in [0.2, 0.25) is 0 Å². The summed E-state index contributed by atoms with van der Waals surface area (Å²) in [5.74, 6) is 0.638. The highest BCUT2D eigenvalue weighted by Crippen LogP contribution is 2.30. The van der Waals surface area contributed by atoms with E-state index in [4.69, 9.17) is 0 Å². The number of hydrogen-bond donors (Lipinski definition) is 2. The largest absolute Gasteiger partial charge is 0.322 e. The first kappa shape index (κ1) is 16.3. The van der Waals surface area contributed by atoms with Gasteiger partial charge in [0, 0.05) is 31.4 Å². The molecule has 0 bridgehead atoms. The Bertz CT molecular complexity index is 559. The van der Waals surface area contributed by atoms with Crippen LogP contribution in [0.2, 0.25) is 0 Å². The maximum absolute atomic E-state index is 12.8. The lowest BCUT2D eigenvalue weighted by atomic mass is 9.98. The van der Waals surface area contributed by atoms with Crippen LogP contribution in [0.25, 0.3) is 0 Å². The quantitative estimate of drug-likeness (QED) is 0.896. The Labute approximate surface area is 139 Å². The van der Waals surface area contributed by atoms with Gasteiger partial charge in [-0.25, -0.2) is 4.79 Å². The second-order valence-corrected chi connectivity index (χ2v) is 6.75. The number of nitrogens with zero attached hydrogens (tertiary/aromatic N) is 1. The van der Waals surface area contributed by atoms with E-state index >= 15 is 0 Å². The molecule has 0 aliphatic carbocycles. The first-order chi connectivity index (χ1) is 11.2. The van der Waals surface area contributed by atoms with Gasteiger partial charge in [-0.3, -0.25) is 0 Å². The lowest BCUT2D eigenvalue weighted by Gasteiger charge is -2.25. The third-order valence-corrected chi connectivity index (χ3v) is 5.47. The highest BCUT2D eigenvalue weighted by atomic mass is 16.2. The van der Waals surface area contributed by atoms with Crippen LogP contribution in [0.15, 0.2) is 12.1 Å². The van der Waals surface area contributed by atoms with Crippen LogP contribution in [0.5, 0.6) is 0 Å². The maximum atomic E-state index is 12.8. The number of benzene rings is 1. The Morgan fingerprint density at radius 2 is 1.87 bits per heavy atom. The van der Waals surface area contributed by atoms with E-state index in [-0.39, 0.29) is 6.03 Å². The zero-order valence-corrected chi connectivity index (χ0v) is 14.6. The number of carbonyl (C=O) groups is 1. The molecule has 23 heavy (non-hydrogen) atoms. The summed E-state index contributed by atoms with van der Waals surface area (Å²) in [4.78, 5) is 14.9. The van der Waals surface area contributed by atoms with Crippen molar-refractivity contribution < 1.29 is 4.79 Å². The van der Waals surface area contributed by atoms with Crippen molar-refractivity contribution in [2.45, 2.75) is 52.5 Å². The molecule has 2 fully saturated rings. The van der Waals surface area contributed by atoms with Crippen LogP contribution in [0.3, 0.4) is 0 Å². The van der Waals surface area contributed by atoms with Crippen LogP contribution in [0, 0.1) is 5.92 Å². The maximum Gasteiger partial charge on any atom is 0.322 e. The Morgan fingerprint density at radius 1 is 1.17 bits per heavy atom. The second-order valence-electron chi connectivity index (χ2n) is 6.75. The number of nitrogens with one attached hydrogen (secondary N) is 2. The van der Waals surface area contributed by atoms with Crippen molar-refractivity contribution in [1.82, 2.24) is 10.2 Å². The van der Waals surface area contributed by atoms with Crippen molar-refractivity contribution in [3.05, 3.63) is 28.8 Å². The van der Waals surface area contributed by atoms with Gasteiger partial charge >= 0.3 is 6.03 Å². The van der Waals surface area contributed by atoms with E-state index in [1.54, 1.807) is 0 Å². The first-order valence-corrected chi connectivity index (χ1v) is 9.10. The lowest BCUT2D eigenvalue weighted by Crippen LogP contribution is -2.42. The smallest absolute Gasteiger partial charge is 0.320 e. The van der Waals surface area contributed by atoms with Gasteiger partial charge in [-0.2, -0.15) is 0 Å². The Kier molecular flexibility index (Phi) is 4.90. The molecule has 126 valence electrons. The summed E-state index contributed by atoms with van der Waals surface area (Å²) in [5, 5.41) is 6.66. The normalized spacial score (nSPS) is 23.2. The zero-order chi connectivity index (χ0) is 16.4. The Balaban J connectivity index is 1.82. The summed E-state index contributed by atoms with van der Waals surface area (Å²) in [6.45, 7) is 9.39. The number of urea groups is 1. The Hall–Kier alpha value is -1.55. The minimum Gasteiger partial charge on any atom is -0.320 e. The monoisotopic (exact) mass is 315 g/mol. The van der Waals surface area contributed by atoms with E-state index in [0.717, 1.165) is 51.0 Å². The molecule has 2 N–H and O–H groups in total. The molecule has 2 atom stereocenters. The van der Waals surface area contributed by atoms with Gasteiger partial charge in [-0.05, 0) is 48.3 Å². The predicted octanol–water partition coefficient (Wildman–Crippen LogP) is 3.20.